The van der Waals surface area contributed by atoms with Gasteiger partial charge >= 0.3 is 0 Å². The summed E-state index contributed by atoms with van der Waals surface area (Å²) in [7, 11) is 3.17. The molecule has 0 amide bonds. The third-order valence-electron chi connectivity index (χ3n) is 6.13. The second-order valence-electron chi connectivity index (χ2n) is 9.22. The van der Waals surface area contributed by atoms with E-state index in [9.17, 15) is 9.18 Å². The number of ether oxygens (including phenoxy) is 2. The van der Waals surface area contributed by atoms with Crippen molar-refractivity contribution >= 4 is 11.7 Å². The van der Waals surface area contributed by atoms with Crippen LogP contribution in [0.15, 0.2) is 53.7 Å². The number of rotatable bonds is 4. The third-order valence-corrected chi connectivity index (χ3v) is 6.13. The van der Waals surface area contributed by atoms with Crippen molar-refractivity contribution in [3.8, 4) is 22.9 Å². The highest BCUT2D eigenvalue weighted by molar-refractivity contribution is 6.00. The van der Waals surface area contributed by atoms with E-state index in [1.165, 1.54) is 12.1 Å². The van der Waals surface area contributed by atoms with Crippen molar-refractivity contribution in [1.29, 1.82) is 0 Å². The molecular formula is C25H25FN4O3. The van der Waals surface area contributed by atoms with E-state index in [0.29, 0.717) is 41.7 Å². The van der Waals surface area contributed by atoms with Crippen molar-refractivity contribution in [2.24, 2.45) is 5.41 Å². The maximum atomic E-state index is 13.7. The van der Waals surface area contributed by atoms with Crippen LogP contribution in [-0.2, 0) is 4.79 Å². The number of Topliss-reactive ketones (excluding diaryl/α,β-unsaturated/α-hetero) is 1. The first-order valence-electron chi connectivity index (χ1n) is 10.8. The molecule has 7 nitrogen and oxygen atoms in total. The molecule has 0 unspecified atom stereocenters. The van der Waals surface area contributed by atoms with Crippen LogP contribution in [-0.4, -0.2) is 34.8 Å². The summed E-state index contributed by atoms with van der Waals surface area (Å²) >= 11 is 0. The Labute approximate surface area is 191 Å². The van der Waals surface area contributed by atoms with Gasteiger partial charge in [-0.3, -0.25) is 4.79 Å². The fourth-order valence-electron chi connectivity index (χ4n) is 4.62. The standard InChI is InChI=1S/C25H25FN4O3/c1-25(2)12-19-21(20(31)13-25)22(14-5-7-16(26)8-6-14)30-24(27-19)28-23(29-30)15-9-17(32-3)11-18(10-15)33-4/h5-11,22H,12-13H2,1-4H3,(H,27,28,29)/t22-/m1/s1. The van der Waals surface area contributed by atoms with Gasteiger partial charge in [-0.2, -0.15) is 4.98 Å². The van der Waals surface area contributed by atoms with E-state index in [1.54, 1.807) is 37.1 Å². The van der Waals surface area contributed by atoms with Crippen molar-refractivity contribution in [3.63, 3.8) is 0 Å². The molecule has 5 rings (SSSR count). The Kier molecular flexibility index (Phi) is 4.96. The predicted octanol–water partition coefficient (Wildman–Crippen LogP) is 4.76. The first-order chi connectivity index (χ1) is 15.8. The first-order valence-corrected chi connectivity index (χ1v) is 10.8. The second-order valence-corrected chi connectivity index (χ2v) is 9.22. The number of carbonyl (C=O) groups is 1. The Balaban J connectivity index is 1.67. The van der Waals surface area contributed by atoms with Crippen LogP contribution < -0.4 is 14.8 Å². The largest absolute Gasteiger partial charge is 0.497 e. The molecule has 0 spiro atoms. The SMILES string of the molecule is COc1cc(OC)cc(-c2nc3n(n2)[C@H](c2ccc(F)cc2)C2=C(CC(C)(C)CC2=O)N3)c1. The molecule has 2 heterocycles. The highest BCUT2D eigenvalue weighted by atomic mass is 19.1. The molecule has 8 heteroatoms. The van der Waals surface area contributed by atoms with Crippen molar-refractivity contribution in [2.45, 2.75) is 32.7 Å². The number of benzene rings is 2. The summed E-state index contributed by atoms with van der Waals surface area (Å²) in [5.74, 6) is 1.97. The summed E-state index contributed by atoms with van der Waals surface area (Å²) in [5, 5.41) is 8.12. The Bertz CT molecular complexity index is 1260. The zero-order chi connectivity index (χ0) is 23.3. The molecule has 0 bridgehead atoms. The molecule has 1 aliphatic carbocycles. The topological polar surface area (TPSA) is 78.3 Å². The van der Waals surface area contributed by atoms with Crippen LogP contribution in [0.1, 0.15) is 38.3 Å². The van der Waals surface area contributed by atoms with E-state index in [-0.39, 0.29) is 17.0 Å². The molecule has 2 aliphatic rings. The van der Waals surface area contributed by atoms with Gasteiger partial charge in [-0.25, -0.2) is 9.07 Å². The lowest BCUT2D eigenvalue weighted by atomic mass is 9.73. The van der Waals surface area contributed by atoms with Gasteiger partial charge in [0.25, 0.3) is 0 Å². The highest BCUT2D eigenvalue weighted by Crippen LogP contribution is 2.45. The van der Waals surface area contributed by atoms with Gasteiger partial charge in [0.15, 0.2) is 11.6 Å². The average molecular weight is 448 g/mol. The maximum absolute atomic E-state index is 13.7. The summed E-state index contributed by atoms with van der Waals surface area (Å²) < 4.78 is 26.2. The number of methoxy groups -OCH3 is 2. The van der Waals surface area contributed by atoms with Crippen molar-refractivity contribution in [3.05, 3.63) is 65.1 Å². The molecule has 0 saturated carbocycles. The third kappa shape index (κ3) is 3.75. The fourth-order valence-corrected chi connectivity index (χ4v) is 4.62. The van der Waals surface area contributed by atoms with Crippen molar-refractivity contribution in [2.75, 3.05) is 19.5 Å². The number of hydrogen-bond donors (Lipinski definition) is 1. The number of anilines is 1. The molecule has 1 atom stereocenters. The van der Waals surface area contributed by atoms with Crippen LogP contribution in [0.3, 0.4) is 0 Å². The minimum Gasteiger partial charge on any atom is -0.497 e. The van der Waals surface area contributed by atoms with Gasteiger partial charge in [0.05, 0.1) is 14.2 Å². The molecular weight excluding hydrogens is 423 g/mol. The van der Waals surface area contributed by atoms with Crippen molar-refractivity contribution in [1.82, 2.24) is 14.8 Å². The van der Waals surface area contributed by atoms with Gasteiger partial charge in [0.2, 0.25) is 5.95 Å². The minimum absolute atomic E-state index is 0.0637. The van der Waals surface area contributed by atoms with Gasteiger partial charge in [-0.15, -0.1) is 5.10 Å². The van der Waals surface area contributed by atoms with Gasteiger partial charge in [-0.05, 0) is 41.7 Å². The predicted molar refractivity (Wildman–Crippen MR) is 122 cm³/mol. The van der Waals surface area contributed by atoms with Crippen LogP contribution in [0, 0.1) is 11.2 Å². The number of nitrogens with zero attached hydrogens (tertiary/aromatic N) is 3. The molecule has 0 radical (unpaired) electrons. The molecule has 0 saturated heterocycles. The molecule has 1 aromatic heterocycles. The number of aromatic nitrogens is 3. The number of carbonyl (C=O) groups excluding carboxylic acids is 1. The van der Waals surface area contributed by atoms with Crippen LogP contribution in [0.2, 0.25) is 0 Å². The summed E-state index contributed by atoms with van der Waals surface area (Å²) in [6.45, 7) is 4.16. The second kappa shape index (κ2) is 7.72. The number of allylic oxidation sites excluding steroid dienone is 2. The fraction of sp³-hybridized carbons (Fsp3) is 0.320. The molecule has 1 aliphatic heterocycles. The van der Waals surface area contributed by atoms with E-state index in [2.05, 4.69) is 19.2 Å². The highest BCUT2D eigenvalue weighted by Gasteiger charge is 2.41. The van der Waals surface area contributed by atoms with Gasteiger partial charge in [-0.1, -0.05) is 26.0 Å². The van der Waals surface area contributed by atoms with Gasteiger partial charge in [0, 0.05) is 29.3 Å². The molecule has 0 fully saturated rings. The zero-order valence-corrected chi connectivity index (χ0v) is 19.0. The van der Waals surface area contributed by atoms with E-state index in [0.717, 1.165) is 16.8 Å². The molecule has 170 valence electrons. The number of fused-ring (bicyclic) bond motifs is 1. The molecule has 1 N–H and O–H groups in total. The smallest absolute Gasteiger partial charge is 0.226 e. The number of hydrogen-bond acceptors (Lipinski definition) is 6. The summed E-state index contributed by atoms with van der Waals surface area (Å²) in [6.07, 6.45) is 1.15. The van der Waals surface area contributed by atoms with Crippen LogP contribution in [0.5, 0.6) is 11.5 Å². The molecule has 3 aromatic rings. The van der Waals surface area contributed by atoms with Gasteiger partial charge in [0.1, 0.15) is 23.4 Å². The zero-order valence-electron chi connectivity index (χ0n) is 19.0. The lowest BCUT2D eigenvalue weighted by Gasteiger charge is -2.38. The average Bonchev–Trinajstić information content (AvgIpc) is 3.21. The van der Waals surface area contributed by atoms with Crippen LogP contribution in [0.4, 0.5) is 10.3 Å². The molecule has 33 heavy (non-hydrogen) atoms. The van der Waals surface area contributed by atoms with Gasteiger partial charge < -0.3 is 14.8 Å². The van der Waals surface area contributed by atoms with Crippen molar-refractivity contribution < 1.29 is 18.7 Å². The summed E-state index contributed by atoms with van der Waals surface area (Å²) in [4.78, 5) is 18.0. The van der Waals surface area contributed by atoms with E-state index >= 15 is 0 Å². The Morgan fingerprint density at radius 3 is 2.36 bits per heavy atom. The number of nitrogens with one attached hydrogen (secondary N) is 1. The Morgan fingerprint density at radius 1 is 1.06 bits per heavy atom. The lowest BCUT2D eigenvalue weighted by molar-refractivity contribution is -0.118. The van der Waals surface area contributed by atoms with E-state index < -0.39 is 6.04 Å². The number of halogens is 1. The normalized spacial score (nSPS) is 18.9. The lowest BCUT2D eigenvalue weighted by Crippen LogP contribution is -2.36. The van der Waals surface area contributed by atoms with E-state index in [4.69, 9.17) is 19.6 Å². The molecule has 2 aromatic carbocycles. The van der Waals surface area contributed by atoms with Crippen LogP contribution >= 0.6 is 0 Å². The monoisotopic (exact) mass is 448 g/mol. The maximum Gasteiger partial charge on any atom is 0.226 e. The first kappa shape index (κ1) is 21.2. The van der Waals surface area contributed by atoms with Crippen LogP contribution in [0.25, 0.3) is 11.4 Å². The summed E-state index contributed by atoms with van der Waals surface area (Å²) in [5.41, 5.74) is 2.84. The Hall–Kier alpha value is -3.68. The Morgan fingerprint density at radius 2 is 1.73 bits per heavy atom. The number of ketones is 1. The summed E-state index contributed by atoms with van der Waals surface area (Å²) in [6, 6.07) is 11.1. The quantitative estimate of drug-likeness (QED) is 0.620. The van der Waals surface area contributed by atoms with E-state index in [1.807, 2.05) is 12.1 Å². The minimum atomic E-state index is -0.491.